The largest absolute Gasteiger partial charge is 0.528 e. The van der Waals surface area contributed by atoms with E-state index >= 15 is 0 Å². The lowest BCUT2D eigenvalue weighted by atomic mass is 9.89. The second-order valence-corrected chi connectivity index (χ2v) is 10.4. The molecule has 1 heterocycles. The van der Waals surface area contributed by atoms with E-state index in [0.29, 0.717) is 11.1 Å². The number of sulfone groups is 1. The molecule has 0 aliphatic carbocycles. The number of hydroxylamine groups is 2. The lowest BCUT2D eigenvalue weighted by Crippen LogP contribution is -2.39. The van der Waals surface area contributed by atoms with Crippen LogP contribution < -0.4 is 4.74 Å². The zero-order valence-corrected chi connectivity index (χ0v) is 20.6. The molecule has 1 unspecified atom stereocenters. The van der Waals surface area contributed by atoms with Crippen LogP contribution in [0.5, 0.6) is 5.75 Å². The van der Waals surface area contributed by atoms with E-state index in [9.17, 15) is 22.4 Å². The fourth-order valence-electron chi connectivity index (χ4n) is 4.22. The first-order valence-electron chi connectivity index (χ1n) is 11.2. The Bertz CT molecular complexity index is 1410. The first-order valence-corrected chi connectivity index (χ1v) is 13.1. The Morgan fingerprint density at radius 1 is 1.05 bits per heavy atom. The highest BCUT2D eigenvalue weighted by Gasteiger charge is 2.36. The molecule has 11 heteroatoms. The summed E-state index contributed by atoms with van der Waals surface area (Å²) in [5.41, 5.74) is 1.83. The molecule has 9 nitrogen and oxygen atoms in total. The number of carboxylic acids is 1. The molecule has 0 aromatic heterocycles. The van der Waals surface area contributed by atoms with Crippen molar-refractivity contribution in [1.82, 2.24) is 5.06 Å². The zero-order valence-electron chi connectivity index (χ0n) is 19.8. The molecule has 1 aliphatic heterocycles. The van der Waals surface area contributed by atoms with Crippen LogP contribution in [0.2, 0.25) is 0 Å². The first kappa shape index (κ1) is 26.1. The summed E-state index contributed by atoms with van der Waals surface area (Å²) in [4.78, 5) is 29.3. The van der Waals surface area contributed by atoms with Crippen molar-refractivity contribution >= 4 is 22.0 Å². The predicted molar refractivity (Wildman–Crippen MR) is 129 cm³/mol. The molecule has 1 atom stereocenters. The quantitative estimate of drug-likeness (QED) is 0.433. The van der Waals surface area contributed by atoms with Gasteiger partial charge < -0.3 is 19.4 Å². The number of rotatable bonds is 8. The van der Waals surface area contributed by atoms with Crippen molar-refractivity contribution in [2.45, 2.75) is 24.0 Å². The molecule has 37 heavy (non-hydrogen) atoms. The van der Waals surface area contributed by atoms with Gasteiger partial charge in [-0.15, -0.1) is 5.06 Å². The summed E-state index contributed by atoms with van der Waals surface area (Å²) in [6.07, 6.45) is 0.285. The lowest BCUT2D eigenvalue weighted by Gasteiger charge is -2.36. The number of hydrogen-bond donors (Lipinski definition) is 1. The average molecular weight is 530 g/mol. The van der Waals surface area contributed by atoms with Gasteiger partial charge in [-0.1, -0.05) is 42.5 Å². The highest BCUT2D eigenvalue weighted by Crippen LogP contribution is 2.41. The third kappa shape index (κ3) is 6.25. The fraction of sp³-hybridized carbons (Fsp3) is 0.231. The van der Waals surface area contributed by atoms with Crippen molar-refractivity contribution in [3.63, 3.8) is 0 Å². The van der Waals surface area contributed by atoms with E-state index in [4.69, 9.17) is 19.4 Å². The molecule has 0 spiro atoms. The molecule has 0 radical (unpaired) electrons. The first-order chi connectivity index (χ1) is 17.6. The maximum Gasteiger partial charge on any atom is 0.528 e. The molecule has 0 saturated heterocycles. The zero-order chi connectivity index (χ0) is 26.6. The SMILES string of the molecule is CS(=O)(=O)c1cccc2c1CCN(OC(=O)OCc1ccccc1)C2c1cc(F)ccc1OCC(=O)O. The number of carbonyl (C=O) groups excluding carboxylic acids is 1. The van der Waals surface area contributed by atoms with Crippen LogP contribution in [0.3, 0.4) is 0 Å². The molecule has 0 bridgehead atoms. The van der Waals surface area contributed by atoms with Crippen LogP contribution in [0.4, 0.5) is 9.18 Å². The van der Waals surface area contributed by atoms with Gasteiger partial charge in [0.15, 0.2) is 16.4 Å². The smallest absolute Gasteiger partial charge is 0.482 e. The number of halogens is 1. The van der Waals surface area contributed by atoms with E-state index in [1.165, 1.54) is 23.3 Å². The van der Waals surface area contributed by atoms with Gasteiger partial charge >= 0.3 is 12.1 Å². The fourth-order valence-corrected chi connectivity index (χ4v) is 5.22. The molecular formula is C26H24FNO8S. The van der Waals surface area contributed by atoms with E-state index in [0.717, 1.165) is 24.0 Å². The number of ether oxygens (including phenoxy) is 2. The second-order valence-electron chi connectivity index (χ2n) is 8.37. The number of fused-ring (bicyclic) bond motifs is 1. The summed E-state index contributed by atoms with van der Waals surface area (Å²) in [6, 6.07) is 16.1. The number of carbonyl (C=O) groups is 2. The van der Waals surface area contributed by atoms with Crippen molar-refractivity contribution in [2.75, 3.05) is 19.4 Å². The van der Waals surface area contributed by atoms with E-state index in [1.54, 1.807) is 30.3 Å². The van der Waals surface area contributed by atoms with E-state index in [-0.39, 0.29) is 35.8 Å². The van der Waals surface area contributed by atoms with Gasteiger partial charge in [0.2, 0.25) is 0 Å². The van der Waals surface area contributed by atoms with Gasteiger partial charge in [0.05, 0.1) is 4.90 Å². The predicted octanol–water partition coefficient (Wildman–Crippen LogP) is 3.91. The normalized spacial score (nSPS) is 15.5. The minimum atomic E-state index is -3.60. The Balaban J connectivity index is 1.73. The molecule has 1 aliphatic rings. The summed E-state index contributed by atoms with van der Waals surface area (Å²) >= 11 is 0. The van der Waals surface area contributed by atoms with Gasteiger partial charge in [0.25, 0.3) is 0 Å². The topological polar surface area (TPSA) is 119 Å². The summed E-state index contributed by atoms with van der Waals surface area (Å²) in [5.74, 6) is -1.84. The van der Waals surface area contributed by atoms with Crippen LogP contribution in [0, 0.1) is 5.82 Å². The second kappa shape index (κ2) is 11.0. The highest BCUT2D eigenvalue weighted by atomic mass is 32.2. The van der Waals surface area contributed by atoms with Crippen molar-refractivity contribution < 1.29 is 41.8 Å². The molecule has 194 valence electrons. The Hall–Kier alpha value is -3.96. The number of nitrogens with zero attached hydrogens (tertiary/aromatic N) is 1. The molecule has 4 rings (SSSR count). The molecular weight excluding hydrogens is 505 g/mol. The molecule has 0 saturated carbocycles. The van der Waals surface area contributed by atoms with E-state index in [1.807, 2.05) is 6.07 Å². The minimum Gasteiger partial charge on any atom is -0.482 e. The van der Waals surface area contributed by atoms with Gasteiger partial charge in [0.1, 0.15) is 24.2 Å². The van der Waals surface area contributed by atoms with Crippen molar-refractivity contribution in [3.05, 3.63) is 94.8 Å². The van der Waals surface area contributed by atoms with Gasteiger partial charge in [-0.25, -0.2) is 22.4 Å². The van der Waals surface area contributed by atoms with Crippen LogP contribution >= 0.6 is 0 Å². The van der Waals surface area contributed by atoms with Crippen LogP contribution in [-0.2, 0) is 37.2 Å². The molecule has 0 amide bonds. The van der Waals surface area contributed by atoms with E-state index < -0.39 is 40.4 Å². The van der Waals surface area contributed by atoms with Crippen molar-refractivity contribution in [1.29, 1.82) is 0 Å². The maximum absolute atomic E-state index is 14.4. The van der Waals surface area contributed by atoms with Crippen molar-refractivity contribution in [3.8, 4) is 5.75 Å². The monoisotopic (exact) mass is 529 g/mol. The van der Waals surface area contributed by atoms with Crippen LogP contribution in [0.1, 0.15) is 28.3 Å². The lowest BCUT2D eigenvalue weighted by molar-refractivity contribution is -0.153. The number of aliphatic carboxylic acids is 1. The number of carboxylic acid groups (broad SMARTS) is 1. The van der Waals surface area contributed by atoms with Gasteiger partial charge in [-0.3, -0.25) is 0 Å². The van der Waals surface area contributed by atoms with Gasteiger partial charge in [-0.05, 0) is 47.4 Å². The Morgan fingerprint density at radius 3 is 2.51 bits per heavy atom. The molecule has 3 aromatic rings. The number of hydrogen-bond acceptors (Lipinski definition) is 8. The van der Waals surface area contributed by atoms with Crippen LogP contribution in [-0.4, -0.2) is 50.1 Å². The Labute approximate surface area is 212 Å². The number of benzene rings is 3. The molecule has 1 N–H and O–H groups in total. The average Bonchev–Trinajstić information content (AvgIpc) is 2.86. The summed E-state index contributed by atoms with van der Waals surface area (Å²) < 4.78 is 50.0. The summed E-state index contributed by atoms with van der Waals surface area (Å²) in [7, 11) is -3.60. The Kier molecular flexibility index (Phi) is 7.74. The van der Waals surface area contributed by atoms with E-state index in [2.05, 4.69) is 0 Å². The highest BCUT2D eigenvalue weighted by molar-refractivity contribution is 7.90. The Morgan fingerprint density at radius 2 is 1.81 bits per heavy atom. The van der Waals surface area contributed by atoms with Gasteiger partial charge in [-0.2, -0.15) is 0 Å². The summed E-state index contributed by atoms with van der Waals surface area (Å²) in [5, 5.41) is 10.3. The molecule has 0 fully saturated rings. The van der Waals surface area contributed by atoms with Gasteiger partial charge in [0, 0.05) is 18.4 Å². The maximum atomic E-state index is 14.4. The van der Waals surface area contributed by atoms with Crippen LogP contribution in [0.15, 0.2) is 71.6 Å². The third-order valence-corrected chi connectivity index (χ3v) is 6.92. The minimum absolute atomic E-state index is 0.0395. The standard InChI is InChI=1S/C26H24FNO8S/c1-37(32,33)23-9-5-8-20-19(23)12-13-28(36-26(31)35-15-17-6-3-2-4-7-17)25(20)21-14-18(27)10-11-22(21)34-16-24(29)30/h2-11,14,25H,12-13,15-16H2,1H3,(H,29,30). The molecule has 3 aromatic carbocycles. The summed E-state index contributed by atoms with van der Waals surface area (Å²) in [6.45, 7) is -0.680. The van der Waals surface area contributed by atoms with Crippen molar-refractivity contribution in [2.24, 2.45) is 0 Å². The third-order valence-electron chi connectivity index (χ3n) is 5.74. The van der Waals surface area contributed by atoms with Crippen LogP contribution in [0.25, 0.3) is 0 Å².